The summed E-state index contributed by atoms with van der Waals surface area (Å²) < 4.78 is 4.99. The average molecular weight is 251 g/mol. The fraction of sp³-hybridized carbons (Fsp3) is 0.889. The van der Waals surface area contributed by atoms with E-state index in [2.05, 4.69) is 5.32 Å². The lowest BCUT2D eigenvalue weighted by atomic mass is 9.95. The van der Waals surface area contributed by atoms with Crippen molar-refractivity contribution in [3.8, 4) is 0 Å². The van der Waals surface area contributed by atoms with Crippen molar-refractivity contribution in [2.24, 2.45) is 0 Å². The van der Waals surface area contributed by atoms with Crippen molar-refractivity contribution in [1.29, 1.82) is 0 Å². The largest absolute Gasteiger partial charge is 0.395 e. The molecule has 100 valence electrons. The van der Waals surface area contributed by atoms with Crippen LogP contribution in [0, 0.1) is 0 Å². The molecule has 0 radical (unpaired) electrons. The van der Waals surface area contributed by atoms with E-state index in [4.69, 9.17) is 14.9 Å². The van der Waals surface area contributed by atoms with Crippen LogP contribution in [-0.2, 0) is 9.53 Å². The molecule has 1 heterocycles. The lowest BCUT2D eigenvalue weighted by Crippen LogP contribution is -2.62. The van der Waals surface area contributed by atoms with Crippen molar-refractivity contribution in [1.82, 2.24) is 5.32 Å². The monoisotopic (exact) mass is 251 g/mol. The van der Waals surface area contributed by atoms with Crippen LogP contribution in [0.2, 0.25) is 0 Å². The molecule has 0 bridgehead atoms. The summed E-state index contributed by atoms with van der Waals surface area (Å²) in [5.41, 5.74) is 0. The number of aliphatic hydroxyl groups is 5. The average Bonchev–Trinajstić information content (AvgIpc) is 2.33. The van der Waals surface area contributed by atoms with Crippen LogP contribution in [0.5, 0.6) is 0 Å². The zero-order valence-corrected chi connectivity index (χ0v) is 9.06. The van der Waals surface area contributed by atoms with Crippen LogP contribution < -0.4 is 5.32 Å². The lowest BCUT2D eigenvalue weighted by Gasteiger charge is -2.39. The van der Waals surface area contributed by atoms with E-state index in [0.29, 0.717) is 0 Å². The van der Waals surface area contributed by atoms with Gasteiger partial charge >= 0.3 is 0 Å². The standard InChI is InChI=1S/C9H17NO7/c11-2-1-10-9(16)8-7(15)6(14)5(13)4(3-12)17-8/h4-8,11-15H,1-3H2,(H,10,16)/t4-,5-,6+,7-,8+/m0/s1. The van der Waals surface area contributed by atoms with E-state index in [9.17, 15) is 20.1 Å². The van der Waals surface area contributed by atoms with Gasteiger partial charge in [-0.05, 0) is 0 Å². The van der Waals surface area contributed by atoms with Crippen LogP contribution in [0.1, 0.15) is 0 Å². The maximum Gasteiger partial charge on any atom is 0.252 e. The number of aliphatic hydroxyl groups excluding tert-OH is 5. The summed E-state index contributed by atoms with van der Waals surface area (Å²) >= 11 is 0. The van der Waals surface area contributed by atoms with Gasteiger partial charge in [0.25, 0.3) is 5.91 Å². The van der Waals surface area contributed by atoms with Gasteiger partial charge in [0.15, 0.2) is 6.10 Å². The number of hydrogen-bond acceptors (Lipinski definition) is 7. The molecule has 1 rings (SSSR count). The number of carbonyl (C=O) groups is 1. The molecule has 1 amide bonds. The highest BCUT2D eigenvalue weighted by Crippen LogP contribution is 2.21. The number of rotatable bonds is 4. The highest BCUT2D eigenvalue weighted by molar-refractivity contribution is 5.81. The summed E-state index contributed by atoms with van der Waals surface area (Å²) in [4.78, 5) is 11.5. The molecule has 1 saturated heterocycles. The molecule has 17 heavy (non-hydrogen) atoms. The van der Waals surface area contributed by atoms with E-state index in [0.717, 1.165) is 0 Å². The first-order valence-corrected chi connectivity index (χ1v) is 5.22. The van der Waals surface area contributed by atoms with E-state index in [1.807, 2.05) is 0 Å². The molecule has 1 aliphatic heterocycles. The molecule has 1 fully saturated rings. The molecule has 8 nitrogen and oxygen atoms in total. The first-order chi connectivity index (χ1) is 8.02. The second kappa shape index (κ2) is 6.24. The maximum atomic E-state index is 11.5. The van der Waals surface area contributed by atoms with Crippen LogP contribution >= 0.6 is 0 Å². The van der Waals surface area contributed by atoms with Crippen molar-refractivity contribution in [3.05, 3.63) is 0 Å². The Kier molecular flexibility index (Phi) is 5.25. The molecular formula is C9H17NO7. The predicted octanol–water partition coefficient (Wildman–Crippen LogP) is -4.06. The lowest BCUT2D eigenvalue weighted by molar-refractivity contribution is -0.226. The van der Waals surface area contributed by atoms with Crippen molar-refractivity contribution in [2.75, 3.05) is 19.8 Å². The van der Waals surface area contributed by atoms with Gasteiger partial charge in [-0.1, -0.05) is 0 Å². The minimum Gasteiger partial charge on any atom is -0.395 e. The third-order valence-corrected chi connectivity index (χ3v) is 2.56. The number of ether oxygens (including phenoxy) is 1. The number of amides is 1. The molecule has 5 atom stereocenters. The van der Waals surface area contributed by atoms with Gasteiger partial charge in [0.1, 0.15) is 24.4 Å². The van der Waals surface area contributed by atoms with Crippen LogP contribution in [0.4, 0.5) is 0 Å². The SMILES string of the molecule is O=C(NCCO)[C@@H]1O[C@@H](CO)[C@H](O)[C@@H](O)[C@@H]1O. The van der Waals surface area contributed by atoms with Crippen LogP contribution in [0.15, 0.2) is 0 Å². The van der Waals surface area contributed by atoms with E-state index >= 15 is 0 Å². The summed E-state index contributed by atoms with van der Waals surface area (Å²) in [6, 6.07) is 0. The third kappa shape index (κ3) is 3.12. The van der Waals surface area contributed by atoms with E-state index in [1.54, 1.807) is 0 Å². The number of carbonyl (C=O) groups excluding carboxylic acids is 1. The topological polar surface area (TPSA) is 139 Å². The highest BCUT2D eigenvalue weighted by atomic mass is 16.5. The summed E-state index contributed by atoms with van der Waals surface area (Å²) in [6.45, 7) is -0.883. The van der Waals surface area contributed by atoms with Crippen molar-refractivity contribution >= 4 is 5.91 Å². The van der Waals surface area contributed by atoms with Crippen molar-refractivity contribution in [3.63, 3.8) is 0 Å². The van der Waals surface area contributed by atoms with Crippen LogP contribution in [0.25, 0.3) is 0 Å². The first kappa shape index (κ1) is 14.3. The Morgan fingerprint density at radius 3 is 2.29 bits per heavy atom. The fourth-order valence-electron chi connectivity index (χ4n) is 1.60. The summed E-state index contributed by atoms with van der Waals surface area (Å²) in [6.07, 6.45) is -7.16. The quantitative estimate of drug-likeness (QED) is 0.299. The smallest absolute Gasteiger partial charge is 0.252 e. The molecular weight excluding hydrogens is 234 g/mol. The van der Waals surface area contributed by atoms with Gasteiger partial charge in [0.2, 0.25) is 0 Å². The van der Waals surface area contributed by atoms with Gasteiger partial charge in [-0.15, -0.1) is 0 Å². The summed E-state index contributed by atoms with van der Waals surface area (Å²) in [7, 11) is 0. The molecule has 0 saturated carbocycles. The number of hydrogen-bond donors (Lipinski definition) is 6. The van der Waals surface area contributed by atoms with Gasteiger partial charge in [0.05, 0.1) is 13.2 Å². The van der Waals surface area contributed by atoms with Crippen molar-refractivity contribution < 1.29 is 35.1 Å². The van der Waals surface area contributed by atoms with Crippen molar-refractivity contribution in [2.45, 2.75) is 30.5 Å². The van der Waals surface area contributed by atoms with Crippen LogP contribution in [0.3, 0.4) is 0 Å². The second-order valence-electron chi connectivity index (χ2n) is 3.76. The molecule has 0 aliphatic carbocycles. The maximum absolute atomic E-state index is 11.5. The Morgan fingerprint density at radius 1 is 1.12 bits per heavy atom. The Balaban J connectivity index is 2.68. The zero-order chi connectivity index (χ0) is 13.0. The molecule has 0 aromatic rings. The highest BCUT2D eigenvalue weighted by Gasteiger charge is 2.46. The molecule has 8 heteroatoms. The predicted molar refractivity (Wildman–Crippen MR) is 53.9 cm³/mol. The van der Waals surface area contributed by atoms with Crippen LogP contribution in [-0.4, -0.2) is 81.7 Å². The Labute approximate surface area is 97.4 Å². The summed E-state index contributed by atoms with van der Waals surface area (Å²) in [5.74, 6) is -0.726. The molecule has 1 aliphatic rings. The van der Waals surface area contributed by atoms with E-state index in [-0.39, 0.29) is 13.2 Å². The fourth-order valence-corrected chi connectivity index (χ4v) is 1.60. The molecule has 0 unspecified atom stereocenters. The third-order valence-electron chi connectivity index (χ3n) is 2.56. The van der Waals surface area contributed by atoms with Gasteiger partial charge < -0.3 is 35.6 Å². The van der Waals surface area contributed by atoms with E-state index in [1.165, 1.54) is 0 Å². The Morgan fingerprint density at radius 2 is 1.76 bits per heavy atom. The van der Waals surface area contributed by atoms with Gasteiger partial charge in [-0.3, -0.25) is 4.79 Å². The van der Waals surface area contributed by atoms with Gasteiger partial charge in [-0.25, -0.2) is 0 Å². The minimum absolute atomic E-state index is 0.0200. The minimum atomic E-state index is -1.59. The molecule has 0 aromatic heterocycles. The Bertz CT molecular complexity index is 260. The van der Waals surface area contributed by atoms with E-state index < -0.39 is 43.0 Å². The summed E-state index contributed by atoms with van der Waals surface area (Å²) in [5, 5.41) is 48.1. The molecule has 0 aromatic carbocycles. The zero-order valence-electron chi connectivity index (χ0n) is 9.06. The molecule has 6 N–H and O–H groups in total. The van der Waals surface area contributed by atoms with Gasteiger partial charge in [0, 0.05) is 6.54 Å². The number of nitrogens with one attached hydrogen (secondary N) is 1. The first-order valence-electron chi connectivity index (χ1n) is 5.22. The molecule has 0 spiro atoms. The van der Waals surface area contributed by atoms with Gasteiger partial charge in [-0.2, -0.15) is 0 Å². The Hall–Kier alpha value is -0.770. The normalized spacial score (nSPS) is 37.8. The second-order valence-corrected chi connectivity index (χ2v) is 3.76.